The number of nitrogens with one attached hydrogen (secondary N) is 2. The zero-order valence-corrected chi connectivity index (χ0v) is 15.2. The third-order valence-corrected chi connectivity index (χ3v) is 3.98. The Labute approximate surface area is 155 Å². The summed E-state index contributed by atoms with van der Waals surface area (Å²) in [6.07, 6.45) is 3.27. The van der Waals surface area contributed by atoms with Crippen LogP contribution in [0.2, 0.25) is 0 Å². The summed E-state index contributed by atoms with van der Waals surface area (Å²) >= 11 is 6.34. The predicted molar refractivity (Wildman–Crippen MR) is 104 cm³/mol. The maximum Gasteiger partial charge on any atom is 0.353 e. The van der Waals surface area contributed by atoms with E-state index in [-0.39, 0.29) is 0 Å². The lowest BCUT2D eigenvalue weighted by Gasteiger charge is -2.09. The van der Waals surface area contributed by atoms with Gasteiger partial charge in [-0.05, 0) is 47.4 Å². The van der Waals surface area contributed by atoms with Crippen LogP contribution in [-0.4, -0.2) is 31.0 Å². The van der Waals surface area contributed by atoms with Gasteiger partial charge in [0.15, 0.2) is 16.6 Å². The van der Waals surface area contributed by atoms with E-state index < -0.39 is 5.97 Å². The van der Waals surface area contributed by atoms with Gasteiger partial charge >= 0.3 is 5.97 Å². The summed E-state index contributed by atoms with van der Waals surface area (Å²) < 4.78 is 10.6. The molecule has 0 amide bonds. The molecule has 0 spiro atoms. The maximum atomic E-state index is 12.0. The molecule has 2 aromatic rings. The van der Waals surface area contributed by atoms with Gasteiger partial charge in [0.2, 0.25) is 0 Å². The van der Waals surface area contributed by atoms with E-state index in [1.54, 1.807) is 42.6 Å². The molecule has 0 aliphatic rings. The smallest absolute Gasteiger partial charge is 0.353 e. The summed E-state index contributed by atoms with van der Waals surface area (Å²) in [7, 11) is 1.51. The van der Waals surface area contributed by atoms with E-state index in [0.29, 0.717) is 28.0 Å². The minimum atomic E-state index is -0.421. The van der Waals surface area contributed by atoms with Gasteiger partial charge < -0.3 is 14.8 Å². The molecule has 25 heavy (non-hydrogen) atoms. The number of thiophene rings is 1. The molecule has 1 heterocycles. The van der Waals surface area contributed by atoms with Crippen molar-refractivity contribution in [1.29, 1.82) is 0 Å². The molecule has 2 rings (SSSR count). The average molecular weight is 375 g/mol. The Morgan fingerprint density at radius 3 is 2.92 bits per heavy atom. The third kappa shape index (κ3) is 5.70. The van der Waals surface area contributed by atoms with Crippen molar-refractivity contribution in [3.63, 3.8) is 0 Å². The second kappa shape index (κ2) is 9.55. The third-order valence-electron chi connectivity index (χ3n) is 2.90. The molecule has 0 atom stereocenters. The molecule has 0 aliphatic heterocycles. The van der Waals surface area contributed by atoms with Crippen LogP contribution in [0.5, 0.6) is 11.5 Å². The van der Waals surface area contributed by atoms with Gasteiger partial charge in [-0.2, -0.15) is 5.10 Å². The highest BCUT2D eigenvalue weighted by Crippen LogP contribution is 2.28. The van der Waals surface area contributed by atoms with Gasteiger partial charge in [0.25, 0.3) is 0 Å². The second-order valence-electron chi connectivity index (χ2n) is 4.65. The molecule has 1 aromatic carbocycles. The van der Waals surface area contributed by atoms with Crippen LogP contribution in [0, 0.1) is 0 Å². The largest absolute Gasteiger partial charge is 0.493 e. The van der Waals surface area contributed by atoms with Gasteiger partial charge in [-0.3, -0.25) is 5.43 Å². The SMILES string of the molecule is C=CCNC(=S)NN=Cc1ccc(OC(=O)c2cccs2)c(OC)c1. The summed E-state index contributed by atoms with van der Waals surface area (Å²) in [5.41, 5.74) is 3.44. The number of rotatable bonds is 7. The van der Waals surface area contributed by atoms with Crippen LogP contribution in [0.4, 0.5) is 0 Å². The summed E-state index contributed by atoms with van der Waals surface area (Å²) in [6.45, 7) is 4.14. The molecule has 6 nitrogen and oxygen atoms in total. The molecule has 0 radical (unpaired) electrons. The van der Waals surface area contributed by atoms with Crippen LogP contribution in [0.3, 0.4) is 0 Å². The van der Waals surface area contributed by atoms with Crippen LogP contribution < -0.4 is 20.2 Å². The Hall–Kier alpha value is -2.71. The summed E-state index contributed by atoms with van der Waals surface area (Å²) in [5, 5.41) is 9.13. The molecule has 1 aromatic heterocycles. The van der Waals surface area contributed by atoms with Gasteiger partial charge in [-0.1, -0.05) is 12.1 Å². The van der Waals surface area contributed by atoms with E-state index in [1.165, 1.54) is 18.4 Å². The zero-order chi connectivity index (χ0) is 18.1. The minimum Gasteiger partial charge on any atom is -0.493 e. The fourth-order valence-corrected chi connectivity index (χ4v) is 2.50. The number of carbonyl (C=O) groups is 1. The highest BCUT2D eigenvalue weighted by atomic mass is 32.1. The van der Waals surface area contributed by atoms with Crippen molar-refractivity contribution in [3.05, 3.63) is 58.8 Å². The van der Waals surface area contributed by atoms with E-state index in [9.17, 15) is 4.79 Å². The topological polar surface area (TPSA) is 72.0 Å². The lowest BCUT2D eigenvalue weighted by Crippen LogP contribution is -2.31. The molecule has 0 saturated heterocycles. The first-order valence-corrected chi connectivity index (χ1v) is 8.54. The van der Waals surface area contributed by atoms with Crippen molar-refractivity contribution < 1.29 is 14.3 Å². The number of methoxy groups -OCH3 is 1. The van der Waals surface area contributed by atoms with Gasteiger partial charge in [-0.15, -0.1) is 17.9 Å². The van der Waals surface area contributed by atoms with Crippen molar-refractivity contribution >= 4 is 40.9 Å². The van der Waals surface area contributed by atoms with E-state index in [4.69, 9.17) is 21.7 Å². The first-order chi connectivity index (χ1) is 12.1. The van der Waals surface area contributed by atoms with Crippen molar-refractivity contribution in [2.24, 2.45) is 5.10 Å². The lowest BCUT2D eigenvalue weighted by molar-refractivity contribution is 0.0735. The molecule has 0 saturated carbocycles. The number of thiocarbonyl (C=S) groups is 1. The highest BCUT2D eigenvalue weighted by molar-refractivity contribution is 7.80. The van der Waals surface area contributed by atoms with Crippen LogP contribution in [0.25, 0.3) is 0 Å². The Morgan fingerprint density at radius 2 is 2.24 bits per heavy atom. The molecule has 8 heteroatoms. The quantitative estimate of drug-likeness (QED) is 0.194. The lowest BCUT2D eigenvalue weighted by atomic mass is 10.2. The number of hydrogen-bond donors (Lipinski definition) is 2. The second-order valence-corrected chi connectivity index (χ2v) is 6.00. The number of hydrazone groups is 1. The molecule has 2 N–H and O–H groups in total. The molecule has 0 unspecified atom stereocenters. The molecule has 0 aliphatic carbocycles. The number of benzene rings is 1. The van der Waals surface area contributed by atoms with Crippen molar-refractivity contribution in [2.45, 2.75) is 0 Å². The van der Waals surface area contributed by atoms with E-state index in [0.717, 1.165) is 5.56 Å². The predicted octanol–water partition coefficient (Wildman–Crippen LogP) is 2.96. The molecule has 130 valence electrons. The van der Waals surface area contributed by atoms with E-state index >= 15 is 0 Å². The summed E-state index contributed by atoms with van der Waals surface area (Å²) in [6, 6.07) is 8.61. The summed E-state index contributed by atoms with van der Waals surface area (Å²) in [4.78, 5) is 12.6. The standard InChI is InChI=1S/C17H17N3O3S2/c1-3-8-18-17(24)20-19-11-12-6-7-13(14(10-12)22-2)23-16(21)15-5-4-9-25-15/h3-7,9-11H,1,8H2,2H3,(H2,18,20,24). The summed E-state index contributed by atoms with van der Waals surface area (Å²) in [5.74, 6) is 0.352. The fourth-order valence-electron chi connectivity index (χ4n) is 1.76. The average Bonchev–Trinajstić information content (AvgIpc) is 3.15. The molecule has 0 bridgehead atoms. The van der Waals surface area contributed by atoms with Crippen LogP contribution in [0.1, 0.15) is 15.2 Å². The fraction of sp³-hybridized carbons (Fsp3) is 0.118. The van der Waals surface area contributed by atoms with E-state index in [2.05, 4.69) is 22.4 Å². The maximum absolute atomic E-state index is 12.0. The van der Waals surface area contributed by atoms with Gasteiger partial charge in [0, 0.05) is 6.54 Å². The van der Waals surface area contributed by atoms with Crippen LogP contribution in [-0.2, 0) is 0 Å². The van der Waals surface area contributed by atoms with Crippen molar-refractivity contribution in [2.75, 3.05) is 13.7 Å². The van der Waals surface area contributed by atoms with Crippen LogP contribution in [0.15, 0.2) is 53.5 Å². The van der Waals surface area contributed by atoms with Crippen molar-refractivity contribution in [1.82, 2.24) is 10.7 Å². The van der Waals surface area contributed by atoms with Crippen molar-refractivity contribution in [3.8, 4) is 11.5 Å². The Morgan fingerprint density at radius 1 is 1.40 bits per heavy atom. The Kier molecular flexibility index (Phi) is 7.12. The monoisotopic (exact) mass is 375 g/mol. The first-order valence-electron chi connectivity index (χ1n) is 7.25. The first kappa shape index (κ1) is 18.6. The minimum absolute atomic E-state index is 0.342. The van der Waals surface area contributed by atoms with Crippen LogP contribution >= 0.6 is 23.6 Å². The Bertz CT molecular complexity index is 773. The molecule has 0 fully saturated rings. The molecular formula is C17H17N3O3S2. The normalized spacial score (nSPS) is 10.3. The van der Waals surface area contributed by atoms with Gasteiger partial charge in [-0.25, -0.2) is 4.79 Å². The number of nitrogens with zero attached hydrogens (tertiary/aromatic N) is 1. The highest BCUT2D eigenvalue weighted by Gasteiger charge is 2.13. The van der Waals surface area contributed by atoms with Gasteiger partial charge in [0.05, 0.1) is 13.3 Å². The van der Waals surface area contributed by atoms with E-state index in [1.807, 2.05) is 5.38 Å². The number of hydrogen-bond acceptors (Lipinski definition) is 6. The molecular weight excluding hydrogens is 358 g/mol. The number of ether oxygens (including phenoxy) is 2. The number of esters is 1. The zero-order valence-electron chi connectivity index (χ0n) is 13.5. The van der Waals surface area contributed by atoms with Gasteiger partial charge in [0.1, 0.15) is 4.88 Å². The number of carbonyl (C=O) groups excluding carboxylic acids is 1. The Balaban J connectivity index is 2.02.